The molecule has 1 aromatic carbocycles. The number of anilines is 1. The third kappa shape index (κ3) is 3.36. The minimum atomic E-state index is -0.692. The molecule has 2 unspecified atom stereocenters. The quantitative estimate of drug-likeness (QED) is 0.630. The number of likely N-dealkylation sites (tertiary alicyclic amines) is 1. The molecule has 0 amide bonds. The zero-order valence-corrected chi connectivity index (χ0v) is 19.2. The summed E-state index contributed by atoms with van der Waals surface area (Å²) in [6, 6.07) is 2.95. The molecule has 0 radical (unpaired) electrons. The molecule has 5 rings (SSSR count). The van der Waals surface area contributed by atoms with Gasteiger partial charge in [-0.25, -0.2) is 14.2 Å². The number of piperidine rings is 1. The summed E-state index contributed by atoms with van der Waals surface area (Å²) < 4.78 is 22.5. The normalized spacial score (nSPS) is 25.1. The van der Waals surface area contributed by atoms with Gasteiger partial charge >= 0.3 is 5.97 Å². The summed E-state index contributed by atoms with van der Waals surface area (Å²) in [5, 5.41) is 11.0. The lowest BCUT2D eigenvalue weighted by molar-refractivity contribution is 0.0524. The van der Waals surface area contributed by atoms with Crippen LogP contribution >= 0.6 is 0 Å². The third-order valence-corrected chi connectivity index (χ3v) is 7.32. The van der Waals surface area contributed by atoms with Gasteiger partial charge in [-0.15, -0.1) is 0 Å². The van der Waals surface area contributed by atoms with Crippen molar-refractivity contribution in [3.8, 4) is 0 Å². The Morgan fingerprint density at radius 1 is 1.21 bits per heavy atom. The van der Waals surface area contributed by atoms with Crippen LogP contribution in [0.15, 0.2) is 33.5 Å². The van der Waals surface area contributed by atoms with E-state index in [1.807, 2.05) is 6.92 Å². The van der Waals surface area contributed by atoms with E-state index in [-0.39, 0.29) is 23.6 Å². The Morgan fingerprint density at radius 2 is 2.00 bits per heavy atom. The number of hydrogen-bond donors (Lipinski definition) is 0. The first-order chi connectivity index (χ1) is 16.0. The number of rotatable bonds is 5. The van der Waals surface area contributed by atoms with Crippen molar-refractivity contribution >= 4 is 22.6 Å². The lowest BCUT2D eigenvalue weighted by atomic mass is 9.97. The van der Waals surface area contributed by atoms with Crippen molar-refractivity contribution in [2.24, 2.45) is 10.3 Å². The van der Waals surface area contributed by atoms with Crippen LogP contribution in [-0.4, -0.2) is 46.8 Å². The lowest BCUT2D eigenvalue weighted by Gasteiger charge is -2.47. The second-order valence-electron chi connectivity index (χ2n) is 9.05. The highest BCUT2D eigenvalue weighted by molar-refractivity contribution is 5.94. The lowest BCUT2D eigenvalue weighted by Crippen LogP contribution is -2.62. The fourth-order valence-electron chi connectivity index (χ4n) is 5.76. The average Bonchev–Trinajstić information content (AvgIpc) is 3.40. The first kappa shape index (κ1) is 22.0. The second kappa shape index (κ2) is 8.52. The Bertz CT molecular complexity index is 1170. The van der Waals surface area contributed by atoms with Gasteiger partial charge in [-0.1, -0.05) is 11.6 Å². The van der Waals surface area contributed by atoms with Crippen LogP contribution in [0.3, 0.4) is 0 Å². The standard InChI is InChI=1S/C24H30FN5O3/c1-3-28-15-17(23(32)33-4-2)22(31)16-13-18(25)20(14-19(16)28)30-24(29-11-6-5-7-12-29)10-8-9-21(24)26-27-30/h13-15,21H,3-12H2,1-2H3. The predicted molar refractivity (Wildman–Crippen MR) is 123 cm³/mol. The second-order valence-corrected chi connectivity index (χ2v) is 9.05. The van der Waals surface area contributed by atoms with E-state index in [0.29, 0.717) is 17.7 Å². The fourth-order valence-corrected chi connectivity index (χ4v) is 5.76. The van der Waals surface area contributed by atoms with Crippen LogP contribution in [0.1, 0.15) is 62.7 Å². The van der Waals surface area contributed by atoms with E-state index in [2.05, 4.69) is 15.2 Å². The molecule has 3 heterocycles. The average molecular weight is 456 g/mol. The van der Waals surface area contributed by atoms with E-state index in [1.54, 1.807) is 22.6 Å². The highest BCUT2D eigenvalue weighted by Gasteiger charge is 2.56. The van der Waals surface area contributed by atoms with Gasteiger partial charge in [0, 0.05) is 31.2 Å². The molecule has 2 atom stereocenters. The number of halogens is 1. The number of carbonyl (C=O) groups excluding carboxylic acids is 1. The van der Waals surface area contributed by atoms with E-state index in [4.69, 9.17) is 4.74 Å². The summed E-state index contributed by atoms with van der Waals surface area (Å²) in [6.45, 7) is 6.18. The van der Waals surface area contributed by atoms with Crippen molar-refractivity contribution in [2.45, 2.75) is 70.6 Å². The maximum Gasteiger partial charge on any atom is 0.343 e. The summed E-state index contributed by atoms with van der Waals surface area (Å²) >= 11 is 0. The third-order valence-electron chi connectivity index (χ3n) is 7.32. The number of esters is 1. The number of ether oxygens (including phenoxy) is 1. The molecule has 3 aliphatic rings. The smallest absolute Gasteiger partial charge is 0.343 e. The molecule has 2 fully saturated rings. The zero-order valence-electron chi connectivity index (χ0n) is 19.2. The molecule has 0 spiro atoms. The van der Waals surface area contributed by atoms with Gasteiger partial charge in [0.15, 0.2) is 0 Å². The molecular weight excluding hydrogens is 425 g/mol. The van der Waals surface area contributed by atoms with Crippen molar-refractivity contribution in [3.63, 3.8) is 0 Å². The summed E-state index contributed by atoms with van der Waals surface area (Å²) in [4.78, 5) is 27.8. The molecule has 176 valence electrons. The molecule has 33 heavy (non-hydrogen) atoms. The highest BCUT2D eigenvalue weighted by Crippen LogP contribution is 2.48. The van der Waals surface area contributed by atoms with Crippen molar-refractivity contribution in [1.29, 1.82) is 0 Å². The predicted octanol–water partition coefficient (Wildman–Crippen LogP) is 4.26. The van der Waals surface area contributed by atoms with Crippen LogP contribution < -0.4 is 10.4 Å². The summed E-state index contributed by atoms with van der Waals surface area (Å²) in [7, 11) is 0. The Morgan fingerprint density at radius 3 is 2.73 bits per heavy atom. The SMILES string of the molecule is CCOC(=O)c1cn(CC)c2cc(N3N=NC4CCCC43N3CCCCC3)c(F)cc2c1=O. The minimum absolute atomic E-state index is 0.0188. The Labute approximate surface area is 192 Å². The van der Waals surface area contributed by atoms with E-state index < -0.39 is 22.9 Å². The summed E-state index contributed by atoms with van der Waals surface area (Å²) in [5.74, 6) is -1.23. The molecule has 1 aromatic heterocycles. The van der Waals surface area contributed by atoms with E-state index in [1.165, 1.54) is 18.7 Å². The molecular formula is C24H30FN5O3. The zero-order chi connectivity index (χ0) is 23.2. The Kier molecular flexibility index (Phi) is 5.68. The number of fused-ring (bicyclic) bond motifs is 2. The van der Waals surface area contributed by atoms with Gasteiger partial charge < -0.3 is 9.30 Å². The van der Waals surface area contributed by atoms with Gasteiger partial charge in [-0.3, -0.25) is 9.69 Å². The number of carbonyl (C=O) groups is 1. The topological polar surface area (TPSA) is 79.5 Å². The molecule has 2 aliphatic heterocycles. The first-order valence-electron chi connectivity index (χ1n) is 12.0. The number of nitrogens with zero attached hydrogens (tertiary/aromatic N) is 5. The number of benzene rings is 1. The van der Waals surface area contributed by atoms with E-state index in [0.717, 1.165) is 45.2 Å². The molecule has 1 saturated heterocycles. The fraction of sp³-hybridized carbons (Fsp3) is 0.583. The number of aryl methyl sites for hydroxylation is 1. The van der Waals surface area contributed by atoms with Crippen molar-refractivity contribution in [3.05, 3.63) is 39.9 Å². The van der Waals surface area contributed by atoms with Crippen LogP contribution in [0.25, 0.3) is 10.9 Å². The minimum Gasteiger partial charge on any atom is -0.462 e. The summed E-state index contributed by atoms with van der Waals surface area (Å²) in [5.41, 5.74) is -0.160. The van der Waals surface area contributed by atoms with Gasteiger partial charge in [-0.05, 0) is 58.1 Å². The van der Waals surface area contributed by atoms with Crippen LogP contribution in [0, 0.1) is 5.82 Å². The Balaban J connectivity index is 1.65. The van der Waals surface area contributed by atoms with Crippen molar-refractivity contribution < 1.29 is 13.9 Å². The number of pyridine rings is 1. The maximum atomic E-state index is 15.6. The number of aromatic nitrogens is 1. The van der Waals surface area contributed by atoms with Gasteiger partial charge in [0.05, 0.1) is 12.1 Å². The van der Waals surface area contributed by atoms with Gasteiger partial charge in [0.2, 0.25) is 5.43 Å². The Hall–Kier alpha value is -2.81. The van der Waals surface area contributed by atoms with Crippen molar-refractivity contribution in [2.75, 3.05) is 24.7 Å². The highest BCUT2D eigenvalue weighted by atomic mass is 19.1. The molecule has 1 saturated carbocycles. The van der Waals surface area contributed by atoms with Crippen LogP contribution in [0.5, 0.6) is 0 Å². The number of hydrogen-bond acceptors (Lipinski definition) is 7. The monoisotopic (exact) mass is 455 g/mol. The molecule has 9 heteroatoms. The molecule has 0 N–H and O–H groups in total. The van der Waals surface area contributed by atoms with Gasteiger partial charge in [0.1, 0.15) is 28.8 Å². The largest absolute Gasteiger partial charge is 0.462 e. The first-order valence-corrected chi connectivity index (χ1v) is 12.0. The summed E-state index contributed by atoms with van der Waals surface area (Å²) in [6.07, 6.45) is 7.80. The van der Waals surface area contributed by atoms with E-state index >= 15 is 4.39 Å². The molecule has 0 bridgehead atoms. The maximum absolute atomic E-state index is 15.6. The van der Waals surface area contributed by atoms with Crippen LogP contribution in [-0.2, 0) is 11.3 Å². The van der Waals surface area contributed by atoms with E-state index in [9.17, 15) is 9.59 Å². The molecule has 8 nitrogen and oxygen atoms in total. The van der Waals surface area contributed by atoms with Crippen molar-refractivity contribution in [1.82, 2.24) is 9.47 Å². The van der Waals surface area contributed by atoms with Gasteiger partial charge in [-0.2, -0.15) is 5.11 Å². The molecule has 1 aliphatic carbocycles. The molecule has 2 aromatic rings. The van der Waals surface area contributed by atoms with Crippen LogP contribution in [0.2, 0.25) is 0 Å². The van der Waals surface area contributed by atoms with Gasteiger partial charge in [0.25, 0.3) is 0 Å². The van der Waals surface area contributed by atoms with Crippen LogP contribution in [0.4, 0.5) is 10.1 Å².